The smallest absolute Gasteiger partial charge is 0.159 e. The molecule has 0 bridgehead atoms. The molecule has 14 heavy (non-hydrogen) atoms. The highest BCUT2D eigenvalue weighted by Gasteiger charge is 2.31. The van der Waals surface area contributed by atoms with Crippen molar-refractivity contribution >= 4 is 5.78 Å². The molecule has 1 aromatic carbocycles. The lowest BCUT2D eigenvalue weighted by Crippen LogP contribution is -2.25. The van der Waals surface area contributed by atoms with E-state index in [4.69, 9.17) is 0 Å². The molecule has 2 unspecified atom stereocenters. The van der Waals surface area contributed by atoms with Crippen LogP contribution in [0.3, 0.4) is 0 Å². The third kappa shape index (κ3) is 1.57. The van der Waals surface area contributed by atoms with Gasteiger partial charge in [-0.2, -0.15) is 0 Å². The number of carbonyl (C=O) groups is 1. The minimum absolute atomic E-state index is 0.0225. The average Bonchev–Trinajstić information content (AvgIpc) is 2.16. The molecule has 74 valence electrons. The molecule has 1 fully saturated rings. The number of carbonyl (C=O) groups excluding carboxylic acids is 1. The molecule has 2 atom stereocenters. The van der Waals surface area contributed by atoms with Crippen LogP contribution in [0.5, 0.6) is 0 Å². The first-order valence-electron chi connectivity index (χ1n) is 4.93. The molecule has 1 saturated carbocycles. The predicted octanol–water partition coefficient (Wildman–Crippen LogP) is 3.10. The number of ketones is 1. The van der Waals surface area contributed by atoms with Crippen LogP contribution in [0.1, 0.15) is 41.6 Å². The van der Waals surface area contributed by atoms with Crippen LogP contribution in [0.2, 0.25) is 0 Å². The monoisotopic (exact) mass is 192 g/mol. The van der Waals surface area contributed by atoms with Gasteiger partial charge < -0.3 is 0 Å². The van der Waals surface area contributed by atoms with Gasteiger partial charge in [-0.3, -0.25) is 4.79 Å². The van der Waals surface area contributed by atoms with Gasteiger partial charge in [0, 0.05) is 11.5 Å². The molecule has 2 heteroatoms. The second-order valence-corrected chi connectivity index (χ2v) is 3.88. The van der Waals surface area contributed by atoms with E-state index in [2.05, 4.69) is 0 Å². The summed E-state index contributed by atoms with van der Waals surface area (Å²) < 4.78 is 13.1. The van der Waals surface area contributed by atoms with E-state index in [9.17, 15) is 9.18 Å². The largest absolute Gasteiger partial charge is 0.295 e. The number of Topliss-reactive ketones (excluding diaryl/α,β-unsaturated/α-hetero) is 1. The topological polar surface area (TPSA) is 17.1 Å². The van der Waals surface area contributed by atoms with Gasteiger partial charge in [0.05, 0.1) is 0 Å². The van der Waals surface area contributed by atoms with Crippen molar-refractivity contribution in [3.05, 3.63) is 35.4 Å². The molecule has 0 radical (unpaired) electrons. The van der Waals surface area contributed by atoms with E-state index in [0.29, 0.717) is 12.0 Å². The summed E-state index contributed by atoms with van der Waals surface area (Å²) in [4.78, 5) is 11.1. The maximum atomic E-state index is 13.1. The van der Waals surface area contributed by atoms with Crippen molar-refractivity contribution in [3.63, 3.8) is 0 Å². The SMILES string of the molecule is CC(=O)c1cccc(C2CCC2F)c1. The summed E-state index contributed by atoms with van der Waals surface area (Å²) in [5.74, 6) is 0.0656. The van der Waals surface area contributed by atoms with Gasteiger partial charge in [-0.15, -0.1) is 0 Å². The molecule has 1 aliphatic carbocycles. The Morgan fingerprint density at radius 3 is 2.71 bits per heavy atom. The van der Waals surface area contributed by atoms with Gasteiger partial charge >= 0.3 is 0 Å². The second kappa shape index (κ2) is 3.52. The number of benzene rings is 1. The molecule has 0 spiro atoms. The van der Waals surface area contributed by atoms with Crippen molar-refractivity contribution in [2.75, 3.05) is 0 Å². The Morgan fingerprint density at radius 2 is 2.21 bits per heavy atom. The molecular weight excluding hydrogens is 179 g/mol. The van der Waals surface area contributed by atoms with Crippen molar-refractivity contribution in [2.45, 2.75) is 31.9 Å². The van der Waals surface area contributed by atoms with Crippen LogP contribution in [0.15, 0.2) is 24.3 Å². The molecule has 0 amide bonds. The minimum atomic E-state index is -0.711. The van der Waals surface area contributed by atoms with Crippen LogP contribution in [0.4, 0.5) is 4.39 Å². The summed E-state index contributed by atoms with van der Waals surface area (Å²) in [6, 6.07) is 7.33. The Balaban J connectivity index is 2.26. The Hall–Kier alpha value is -1.18. The van der Waals surface area contributed by atoms with Gasteiger partial charge in [0.15, 0.2) is 5.78 Å². The van der Waals surface area contributed by atoms with Crippen LogP contribution in [0.25, 0.3) is 0 Å². The zero-order valence-corrected chi connectivity index (χ0v) is 8.16. The van der Waals surface area contributed by atoms with Crippen molar-refractivity contribution in [1.82, 2.24) is 0 Å². The number of hydrogen-bond acceptors (Lipinski definition) is 1. The summed E-state index contributed by atoms with van der Waals surface area (Å²) in [5.41, 5.74) is 1.65. The first-order valence-corrected chi connectivity index (χ1v) is 4.93. The normalized spacial score (nSPS) is 25.6. The summed E-state index contributed by atoms with van der Waals surface area (Å²) >= 11 is 0. The van der Waals surface area contributed by atoms with Crippen molar-refractivity contribution in [2.24, 2.45) is 0 Å². The van der Waals surface area contributed by atoms with E-state index < -0.39 is 6.17 Å². The van der Waals surface area contributed by atoms with Crippen molar-refractivity contribution < 1.29 is 9.18 Å². The first kappa shape index (κ1) is 9.38. The highest BCUT2D eigenvalue weighted by molar-refractivity contribution is 5.94. The number of hydrogen-bond donors (Lipinski definition) is 0. The lowest BCUT2D eigenvalue weighted by molar-refractivity contribution is 0.101. The van der Waals surface area contributed by atoms with Crippen LogP contribution in [-0.4, -0.2) is 12.0 Å². The van der Waals surface area contributed by atoms with E-state index in [0.717, 1.165) is 12.0 Å². The number of halogens is 1. The highest BCUT2D eigenvalue weighted by Crippen LogP contribution is 2.39. The molecule has 0 saturated heterocycles. The molecule has 2 rings (SSSR count). The van der Waals surface area contributed by atoms with Crippen LogP contribution in [0, 0.1) is 0 Å². The Morgan fingerprint density at radius 1 is 1.43 bits per heavy atom. The maximum Gasteiger partial charge on any atom is 0.159 e. The number of alkyl halides is 1. The fourth-order valence-electron chi connectivity index (χ4n) is 1.82. The zero-order chi connectivity index (χ0) is 10.1. The summed E-state index contributed by atoms with van der Waals surface area (Å²) in [7, 11) is 0. The maximum absolute atomic E-state index is 13.1. The molecule has 1 aromatic rings. The molecule has 0 aliphatic heterocycles. The van der Waals surface area contributed by atoms with Gasteiger partial charge in [-0.25, -0.2) is 4.39 Å². The molecular formula is C12H13FO. The van der Waals surface area contributed by atoms with Gasteiger partial charge in [0.25, 0.3) is 0 Å². The third-order valence-corrected chi connectivity index (χ3v) is 2.91. The van der Waals surface area contributed by atoms with Crippen molar-refractivity contribution in [1.29, 1.82) is 0 Å². The van der Waals surface area contributed by atoms with E-state index in [1.54, 1.807) is 6.07 Å². The molecule has 1 nitrogen and oxygen atoms in total. The number of rotatable bonds is 2. The Labute approximate surface area is 82.9 Å². The minimum Gasteiger partial charge on any atom is -0.295 e. The van der Waals surface area contributed by atoms with E-state index in [1.165, 1.54) is 6.92 Å². The van der Waals surface area contributed by atoms with E-state index in [1.807, 2.05) is 18.2 Å². The lowest BCUT2D eigenvalue weighted by atomic mass is 9.78. The van der Waals surface area contributed by atoms with Crippen LogP contribution < -0.4 is 0 Å². The lowest BCUT2D eigenvalue weighted by Gasteiger charge is -2.30. The standard InChI is InChI=1S/C12H13FO/c1-8(14)9-3-2-4-10(7-9)11-5-6-12(11)13/h2-4,7,11-12H,5-6H2,1H3. The Bertz CT molecular complexity index is 359. The Kier molecular flexibility index (Phi) is 2.36. The second-order valence-electron chi connectivity index (χ2n) is 3.88. The van der Waals surface area contributed by atoms with Crippen molar-refractivity contribution in [3.8, 4) is 0 Å². The van der Waals surface area contributed by atoms with E-state index >= 15 is 0 Å². The summed E-state index contributed by atoms with van der Waals surface area (Å²) in [6.45, 7) is 1.53. The molecule has 0 N–H and O–H groups in total. The quantitative estimate of drug-likeness (QED) is 0.658. The fourth-order valence-corrected chi connectivity index (χ4v) is 1.82. The predicted molar refractivity (Wildman–Crippen MR) is 53.3 cm³/mol. The van der Waals surface area contributed by atoms with Gasteiger partial charge in [0.1, 0.15) is 6.17 Å². The third-order valence-electron chi connectivity index (χ3n) is 2.91. The van der Waals surface area contributed by atoms with Crippen LogP contribution >= 0.6 is 0 Å². The highest BCUT2D eigenvalue weighted by atomic mass is 19.1. The summed E-state index contributed by atoms with van der Waals surface area (Å²) in [5, 5.41) is 0. The fraction of sp³-hybridized carbons (Fsp3) is 0.417. The average molecular weight is 192 g/mol. The van der Waals surface area contributed by atoms with Gasteiger partial charge in [-0.05, 0) is 31.4 Å². The van der Waals surface area contributed by atoms with E-state index in [-0.39, 0.29) is 11.7 Å². The summed E-state index contributed by atoms with van der Waals surface area (Å²) in [6.07, 6.45) is 0.856. The molecule has 0 heterocycles. The molecule has 0 aromatic heterocycles. The van der Waals surface area contributed by atoms with Crippen LogP contribution in [-0.2, 0) is 0 Å². The first-order chi connectivity index (χ1) is 6.68. The van der Waals surface area contributed by atoms with Gasteiger partial charge in [-0.1, -0.05) is 18.2 Å². The zero-order valence-electron chi connectivity index (χ0n) is 8.16. The van der Waals surface area contributed by atoms with Gasteiger partial charge in [0.2, 0.25) is 0 Å². The molecule has 1 aliphatic rings.